The van der Waals surface area contributed by atoms with Crippen LogP contribution >= 0.6 is 11.8 Å². The van der Waals surface area contributed by atoms with Crippen LogP contribution in [0.4, 0.5) is 0 Å². The number of piperidine rings is 1. The maximum absolute atomic E-state index is 12.4. The second-order valence-corrected chi connectivity index (χ2v) is 7.70. The number of amides is 1. The molecule has 23 heavy (non-hydrogen) atoms. The van der Waals surface area contributed by atoms with Crippen molar-refractivity contribution in [2.24, 2.45) is 5.92 Å². The Labute approximate surface area is 143 Å². The van der Waals surface area contributed by atoms with E-state index in [-0.39, 0.29) is 11.8 Å². The van der Waals surface area contributed by atoms with E-state index in [2.05, 4.69) is 15.2 Å². The molecule has 1 amide bonds. The van der Waals surface area contributed by atoms with Gasteiger partial charge in [-0.2, -0.15) is 0 Å². The lowest BCUT2D eigenvalue weighted by atomic mass is 9.95. The molecule has 1 saturated heterocycles. The molecule has 2 fully saturated rings. The van der Waals surface area contributed by atoms with Crippen molar-refractivity contribution in [1.82, 2.24) is 15.2 Å². The summed E-state index contributed by atoms with van der Waals surface area (Å²) in [5.41, 5.74) is 0. The summed E-state index contributed by atoms with van der Waals surface area (Å²) in [6, 6.07) is 6.66. The highest BCUT2D eigenvalue weighted by atomic mass is 32.2. The number of nitrogens with one attached hydrogen (secondary N) is 1. The highest BCUT2D eigenvalue weighted by Crippen LogP contribution is 2.28. The first-order valence-corrected chi connectivity index (χ1v) is 9.87. The molecule has 1 aliphatic carbocycles. The minimum absolute atomic E-state index is 0.184. The number of carbonyl (C=O) groups excluding carboxylic acids is 1. The molecule has 3 rings (SSSR count). The topological polar surface area (TPSA) is 45.2 Å². The van der Waals surface area contributed by atoms with Gasteiger partial charge < -0.3 is 5.32 Å². The van der Waals surface area contributed by atoms with E-state index in [1.165, 1.54) is 32.2 Å². The molecule has 2 aliphatic rings. The van der Waals surface area contributed by atoms with Crippen molar-refractivity contribution in [2.45, 2.75) is 49.6 Å². The fourth-order valence-electron chi connectivity index (χ4n) is 3.73. The largest absolute Gasteiger partial charge is 0.355 e. The fourth-order valence-corrected chi connectivity index (χ4v) is 4.45. The SMILES string of the molecule is O=C(NCCSc1ccccn1)[C@H]1CCCN(C2CCCC2)C1. The molecule has 4 nitrogen and oxygen atoms in total. The molecule has 0 bridgehead atoms. The summed E-state index contributed by atoms with van der Waals surface area (Å²) >= 11 is 1.69. The summed E-state index contributed by atoms with van der Waals surface area (Å²) in [5, 5.41) is 4.14. The third-order valence-corrected chi connectivity index (χ3v) is 5.90. The normalized spacial score (nSPS) is 23.0. The molecular formula is C18H27N3OS. The van der Waals surface area contributed by atoms with Crippen LogP contribution in [0.5, 0.6) is 0 Å². The average molecular weight is 334 g/mol. The fraction of sp³-hybridized carbons (Fsp3) is 0.667. The minimum atomic E-state index is 0.184. The molecule has 1 atom stereocenters. The van der Waals surface area contributed by atoms with Crippen LogP contribution in [-0.4, -0.2) is 47.2 Å². The first-order valence-electron chi connectivity index (χ1n) is 8.88. The molecule has 1 aliphatic heterocycles. The molecule has 1 aromatic heterocycles. The van der Waals surface area contributed by atoms with E-state index >= 15 is 0 Å². The first-order chi connectivity index (χ1) is 11.3. The van der Waals surface area contributed by atoms with Crippen LogP contribution in [0, 0.1) is 5.92 Å². The molecule has 5 heteroatoms. The van der Waals surface area contributed by atoms with Gasteiger partial charge in [0.1, 0.15) is 0 Å². The number of hydrogen-bond donors (Lipinski definition) is 1. The third kappa shape index (κ3) is 4.95. The van der Waals surface area contributed by atoms with Crippen molar-refractivity contribution in [3.05, 3.63) is 24.4 Å². The van der Waals surface area contributed by atoms with Gasteiger partial charge in [0.15, 0.2) is 0 Å². The van der Waals surface area contributed by atoms with Crippen LogP contribution < -0.4 is 5.32 Å². The summed E-state index contributed by atoms with van der Waals surface area (Å²) < 4.78 is 0. The van der Waals surface area contributed by atoms with Crippen LogP contribution in [0.3, 0.4) is 0 Å². The maximum atomic E-state index is 12.4. The van der Waals surface area contributed by atoms with Crippen molar-refractivity contribution in [3.8, 4) is 0 Å². The lowest BCUT2D eigenvalue weighted by molar-refractivity contribution is -0.126. The van der Waals surface area contributed by atoms with E-state index < -0.39 is 0 Å². The quantitative estimate of drug-likeness (QED) is 0.642. The van der Waals surface area contributed by atoms with Crippen molar-refractivity contribution in [2.75, 3.05) is 25.4 Å². The second-order valence-electron chi connectivity index (χ2n) is 6.58. The highest BCUT2D eigenvalue weighted by Gasteiger charge is 2.30. The van der Waals surface area contributed by atoms with Crippen molar-refractivity contribution >= 4 is 17.7 Å². The zero-order valence-corrected chi connectivity index (χ0v) is 14.6. The van der Waals surface area contributed by atoms with Crippen LogP contribution in [0.1, 0.15) is 38.5 Å². The summed E-state index contributed by atoms with van der Waals surface area (Å²) in [6.45, 7) is 2.87. The van der Waals surface area contributed by atoms with Crippen LogP contribution in [0.25, 0.3) is 0 Å². The average Bonchev–Trinajstić information content (AvgIpc) is 3.14. The smallest absolute Gasteiger partial charge is 0.224 e. The van der Waals surface area contributed by atoms with Gasteiger partial charge >= 0.3 is 0 Å². The molecular weight excluding hydrogens is 306 g/mol. The Morgan fingerprint density at radius 3 is 2.91 bits per heavy atom. The molecule has 0 unspecified atom stereocenters. The molecule has 1 N–H and O–H groups in total. The molecule has 1 aromatic rings. The minimum Gasteiger partial charge on any atom is -0.355 e. The Morgan fingerprint density at radius 2 is 2.13 bits per heavy atom. The maximum Gasteiger partial charge on any atom is 0.224 e. The van der Waals surface area contributed by atoms with E-state index in [4.69, 9.17) is 0 Å². The summed E-state index contributed by atoms with van der Waals surface area (Å²) in [6.07, 6.45) is 9.40. The Morgan fingerprint density at radius 1 is 1.26 bits per heavy atom. The molecule has 1 saturated carbocycles. The molecule has 0 aromatic carbocycles. The van der Waals surface area contributed by atoms with E-state index in [1.807, 2.05) is 18.2 Å². The number of aromatic nitrogens is 1. The Bertz CT molecular complexity index is 490. The number of nitrogens with zero attached hydrogens (tertiary/aromatic N) is 2. The number of hydrogen-bond acceptors (Lipinski definition) is 4. The van der Waals surface area contributed by atoms with Gasteiger partial charge in [0.05, 0.1) is 10.9 Å². The van der Waals surface area contributed by atoms with Gasteiger partial charge in [-0.25, -0.2) is 4.98 Å². The summed E-state index contributed by atoms with van der Waals surface area (Å²) in [4.78, 5) is 19.3. The summed E-state index contributed by atoms with van der Waals surface area (Å²) in [7, 11) is 0. The standard InChI is InChI=1S/C18H27N3OS/c22-18(20-11-13-23-17-9-3-4-10-19-17)15-6-5-12-21(14-15)16-7-1-2-8-16/h3-4,9-10,15-16H,1-2,5-8,11-14H2,(H,20,22)/t15-/m0/s1. The van der Waals surface area contributed by atoms with Crippen LogP contribution in [0.15, 0.2) is 29.4 Å². The zero-order chi connectivity index (χ0) is 15.9. The predicted octanol–water partition coefficient (Wildman–Crippen LogP) is 2.94. The van der Waals surface area contributed by atoms with Gasteiger partial charge in [0.25, 0.3) is 0 Å². The first kappa shape index (κ1) is 16.8. The lowest BCUT2D eigenvalue weighted by Gasteiger charge is -2.36. The molecule has 126 valence electrons. The van der Waals surface area contributed by atoms with Crippen LogP contribution in [0.2, 0.25) is 0 Å². The Kier molecular flexibility index (Phi) is 6.34. The van der Waals surface area contributed by atoms with Crippen LogP contribution in [-0.2, 0) is 4.79 Å². The number of rotatable bonds is 6. The zero-order valence-electron chi connectivity index (χ0n) is 13.7. The number of carbonyl (C=O) groups is 1. The van der Waals surface area contributed by atoms with Crippen molar-refractivity contribution in [3.63, 3.8) is 0 Å². The predicted molar refractivity (Wildman–Crippen MR) is 94.5 cm³/mol. The Hall–Kier alpha value is -1.07. The van der Waals surface area contributed by atoms with Gasteiger partial charge in [-0.05, 0) is 44.4 Å². The Balaban J connectivity index is 1.37. The molecule has 0 spiro atoms. The summed E-state index contributed by atoms with van der Waals surface area (Å²) in [5.74, 6) is 1.31. The monoisotopic (exact) mass is 333 g/mol. The van der Waals surface area contributed by atoms with E-state index in [1.54, 1.807) is 18.0 Å². The third-order valence-electron chi connectivity index (χ3n) is 4.95. The van der Waals surface area contributed by atoms with E-state index in [9.17, 15) is 4.79 Å². The second kappa shape index (κ2) is 8.69. The van der Waals surface area contributed by atoms with Gasteiger partial charge in [-0.1, -0.05) is 18.9 Å². The lowest BCUT2D eigenvalue weighted by Crippen LogP contribution is -2.46. The van der Waals surface area contributed by atoms with E-state index in [0.29, 0.717) is 0 Å². The molecule has 2 heterocycles. The number of pyridine rings is 1. The van der Waals surface area contributed by atoms with Crippen molar-refractivity contribution < 1.29 is 4.79 Å². The van der Waals surface area contributed by atoms with Crippen molar-refractivity contribution in [1.29, 1.82) is 0 Å². The van der Waals surface area contributed by atoms with Gasteiger partial charge in [-0.15, -0.1) is 11.8 Å². The van der Waals surface area contributed by atoms with E-state index in [0.717, 1.165) is 42.8 Å². The molecule has 0 radical (unpaired) electrons. The highest BCUT2D eigenvalue weighted by molar-refractivity contribution is 7.99. The number of thioether (sulfide) groups is 1. The van der Waals surface area contributed by atoms with Gasteiger partial charge in [-0.3, -0.25) is 9.69 Å². The van der Waals surface area contributed by atoms with Gasteiger partial charge in [0.2, 0.25) is 5.91 Å². The number of likely N-dealkylation sites (tertiary alicyclic amines) is 1. The van der Waals surface area contributed by atoms with Gasteiger partial charge in [0, 0.05) is 31.1 Å².